The molecule has 0 saturated heterocycles. The van der Waals surface area contributed by atoms with Gasteiger partial charge in [-0.3, -0.25) is 0 Å². The molecule has 1 aromatic carbocycles. The van der Waals surface area contributed by atoms with Crippen LogP contribution in [0.4, 0.5) is 4.79 Å². The summed E-state index contributed by atoms with van der Waals surface area (Å²) in [6.07, 6.45) is 0.0617. The number of allylic oxidation sites excluding steroid dienone is 1. The molecule has 0 fully saturated rings. The second-order valence-corrected chi connectivity index (χ2v) is 6.24. The van der Waals surface area contributed by atoms with E-state index >= 15 is 0 Å². The number of carbonyl (C=O) groups excluding carboxylic acids is 2. The van der Waals surface area contributed by atoms with Gasteiger partial charge in [-0.25, -0.2) is 9.59 Å². The van der Waals surface area contributed by atoms with Crippen LogP contribution in [0, 0.1) is 0 Å². The van der Waals surface area contributed by atoms with E-state index < -0.39 is 12.0 Å². The van der Waals surface area contributed by atoms with E-state index in [1.165, 1.54) is 0 Å². The molecule has 2 N–H and O–H groups in total. The molecule has 0 bridgehead atoms. The molecule has 140 valence electrons. The number of carbonyl (C=O) groups is 2. The Hall–Kier alpha value is -2.74. The zero-order chi connectivity index (χ0) is 18.7. The number of hydrogen-bond acceptors (Lipinski definition) is 6. The van der Waals surface area contributed by atoms with E-state index in [0.29, 0.717) is 34.9 Å². The van der Waals surface area contributed by atoms with Crippen molar-refractivity contribution in [1.29, 1.82) is 0 Å². The van der Waals surface area contributed by atoms with Gasteiger partial charge < -0.3 is 29.6 Å². The molecule has 0 aliphatic carbocycles. The van der Waals surface area contributed by atoms with Gasteiger partial charge >= 0.3 is 12.0 Å². The van der Waals surface area contributed by atoms with Crippen LogP contribution >= 0.6 is 0 Å². The number of ether oxygens (including phenoxy) is 4. The summed E-state index contributed by atoms with van der Waals surface area (Å²) in [6, 6.07) is 4.26. The molecule has 0 aromatic heterocycles. The molecule has 0 saturated carbocycles. The predicted octanol–water partition coefficient (Wildman–Crippen LogP) is 2.01. The van der Waals surface area contributed by atoms with Crippen molar-refractivity contribution in [3.05, 3.63) is 35.0 Å². The van der Waals surface area contributed by atoms with Crippen molar-refractivity contribution in [1.82, 2.24) is 10.6 Å². The highest BCUT2D eigenvalue weighted by Crippen LogP contribution is 2.36. The lowest BCUT2D eigenvalue weighted by Gasteiger charge is -2.28. The van der Waals surface area contributed by atoms with Gasteiger partial charge in [0.25, 0.3) is 0 Å². The molecule has 1 atom stereocenters. The summed E-state index contributed by atoms with van der Waals surface area (Å²) in [7, 11) is 0. The van der Waals surface area contributed by atoms with E-state index in [-0.39, 0.29) is 25.5 Å². The Bertz CT molecular complexity index is 743. The molecule has 1 unspecified atom stereocenters. The minimum Gasteiger partial charge on any atom is -0.460 e. The van der Waals surface area contributed by atoms with E-state index in [1.54, 1.807) is 25.1 Å². The van der Waals surface area contributed by atoms with E-state index in [1.807, 2.05) is 13.8 Å². The standard InChI is InChI=1S/C18H22N2O6/c1-10(2)23-6-7-24-17(21)15-11(3)19-18(22)20-16(15)12-4-5-13-14(8-12)26-9-25-13/h4-5,8,10,16H,6-7,9H2,1-3H3,(H2,19,20,22). The minimum atomic E-state index is -0.642. The zero-order valence-corrected chi connectivity index (χ0v) is 15.0. The van der Waals surface area contributed by atoms with E-state index in [4.69, 9.17) is 18.9 Å². The molecule has 8 heteroatoms. The predicted molar refractivity (Wildman–Crippen MR) is 91.7 cm³/mol. The monoisotopic (exact) mass is 362 g/mol. The lowest BCUT2D eigenvalue weighted by molar-refractivity contribution is -0.141. The van der Waals surface area contributed by atoms with Crippen LogP contribution in [0.3, 0.4) is 0 Å². The normalized spacial score (nSPS) is 18.6. The first-order chi connectivity index (χ1) is 12.5. The maximum absolute atomic E-state index is 12.6. The van der Waals surface area contributed by atoms with Crippen molar-refractivity contribution in [2.24, 2.45) is 0 Å². The van der Waals surface area contributed by atoms with Crippen molar-refractivity contribution >= 4 is 12.0 Å². The molecule has 8 nitrogen and oxygen atoms in total. The van der Waals surface area contributed by atoms with Crippen molar-refractivity contribution in [3.63, 3.8) is 0 Å². The fraction of sp³-hybridized carbons (Fsp3) is 0.444. The van der Waals surface area contributed by atoms with Gasteiger partial charge in [0.05, 0.1) is 24.3 Å². The average Bonchev–Trinajstić information content (AvgIpc) is 3.05. The van der Waals surface area contributed by atoms with Crippen LogP contribution in [-0.4, -0.2) is 38.1 Å². The van der Waals surface area contributed by atoms with E-state index in [2.05, 4.69) is 10.6 Å². The summed E-state index contributed by atoms with van der Waals surface area (Å²) >= 11 is 0. The topological polar surface area (TPSA) is 95.1 Å². The summed E-state index contributed by atoms with van der Waals surface area (Å²) in [5.41, 5.74) is 1.49. The number of fused-ring (bicyclic) bond motifs is 1. The van der Waals surface area contributed by atoms with Crippen molar-refractivity contribution in [2.45, 2.75) is 32.9 Å². The van der Waals surface area contributed by atoms with Crippen molar-refractivity contribution < 1.29 is 28.5 Å². The first-order valence-electron chi connectivity index (χ1n) is 8.42. The maximum atomic E-state index is 12.6. The lowest BCUT2D eigenvalue weighted by Crippen LogP contribution is -2.45. The fourth-order valence-corrected chi connectivity index (χ4v) is 2.80. The third kappa shape index (κ3) is 3.91. The number of hydrogen-bond donors (Lipinski definition) is 2. The molecule has 3 rings (SSSR count). The Morgan fingerprint density at radius 2 is 2.04 bits per heavy atom. The lowest BCUT2D eigenvalue weighted by atomic mass is 9.95. The Morgan fingerprint density at radius 3 is 2.81 bits per heavy atom. The van der Waals surface area contributed by atoms with Gasteiger partial charge in [0.2, 0.25) is 6.79 Å². The highest BCUT2D eigenvalue weighted by Gasteiger charge is 2.33. The minimum absolute atomic E-state index is 0.0617. The van der Waals surface area contributed by atoms with Gasteiger partial charge in [-0.05, 0) is 38.5 Å². The summed E-state index contributed by atoms with van der Waals surface area (Å²) in [6.45, 7) is 6.08. The van der Waals surface area contributed by atoms with Gasteiger partial charge in [-0.2, -0.15) is 0 Å². The van der Waals surface area contributed by atoms with Crippen molar-refractivity contribution in [2.75, 3.05) is 20.0 Å². The number of urea groups is 1. The highest BCUT2D eigenvalue weighted by molar-refractivity contribution is 5.95. The average molecular weight is 362 g/mol. The Balaban J connectivity index is 1.79. The second kappa shape index (κ2) is 7.65. The van der Waals surface area contributed by atoms with Crippen LogP contribution in [-0.2, 0) is 14.3 Å². The molecule has 26 heavy (non-hydrogen) atoms. The molecule has 2 amide bonds. The number of amides is 2. The summed E-state index contributed by atoms with van der Waals surface area (Å²) in [5.74, 6) is 0.695. The summed E-state index contributed by atoms with van der Waals surface area (Å²) in [5, 5.41) is 5.37. The van der Waals surface area contributed by atoms with Gasteiger partial charge in [-0.1, -0.05) is 6.07 Å². The molecule has 1 aromatic rings. The van der Waals surface area contributed by atoms with Gasteiger partial charge in [0, 0.05) is 5.70 Å². The number of benzene rings is 1. The van der Waals surface area contributed by atoms with Crippen LogP contribution in [0.1, 0.15) is 32.4 Å². The first kappa shape index (κ1) is 18.1. The van der Waals surface area contributed by atoms with Gasteiger partial charge in [0.15, 0.2) is 11.5 Å². The second-order valence-electron chi connectivity index (χ2n) is 6.24. The molecular formula is C18H22N2O6. The van der Waals surface area contributed by atoms with Crippen LogP contribution in [0.15, 0.2) is 29.5 Å². The van der Waals surface area contributed by atoms with Crippen LogP contribution < -0.4 is 20.1 Å². The quantitative estimate of drug-likeness (QED) is 0.594. The van der Waals surface area contributed by atoms with Crippen LogP contribution in [0.2, 0.25) is 0 Å². The molecule has 2 aliphatic heterocycles. The van der Waals surface area contributed by atoms with Crippen molar-refractivity contribution in [3.8, 4) is 11.5 Å². The third-order valence-corrected chi connectivity index (χ3v) is 3.99. The molecule has 0 spiro atoms. The van der Waals surface area contributed by atoms with E-state index in [0.717, 1.165) is 0 Å². The van der Waals surface area contributed by atoms with Gasteiger partial charge in [0.1, 0.15) is 6.61 Å². The number of rotatable bonds is 6. The first-order valence-corrected chi connectivity index (χ1v) is 8.42. The molecular weight excluding hydrogens is 340 g/mol. The number of nitrogens with one attached hydrogen (secondary N) is 2. The SMILES string of the molecule is CC1=C(C(=O)OCCOC(C)C)C(c2ccc3c(c2)OCO3)NC(=O)N1. The maximum Gasteiger partial charge on any atom is 0.338 e. The van der Waals surface area contributed by atoms with Crippen LogP contribution in [0.25, 0.3) is 0 Å². The Morgan fingerprint density at radius 1 is 1.27 bits per heavy atom. The molecule has 0 radical (unpaired) electrons. The summed E-state index contributed by atoms with van der Waals surface area (Å²) < 4.78 is 21.4. The smallest absolute Gasteiger partial charge is 0.338 e. The van der Waals surface area contributed by atoms with Crippen LogP contribution in [0.5, 0.6) is 11.5 Å². The largest absolute Gasteiger partial charge is 0.460 e. The summed E-state index contributed by atoms with van der Waals surface area (Å²) in [4.78, 5) is 24.5. The Kier molecular flexibility index (Phi) is 5.32. The third-order valence-electron chi connectivity index (χ3n) is 3.99. The fourth-order valence-electron chi connectivity index (χ4n) is 2.80. The Labute approximate surface area is 151 Å². The van der Waals surface area contributed by atoms with E-state index in [9.17, 15) is 9.59 Å². The number of esters is 1. The molecule has 2 heterocycles. The molecule has 2 aliphatic rings. The van der Waals surface area contributed by atoms with Gasteiger partial charge in [-0.15, -0.1) is 0 Å². The zero-order valence-electron chi connectivity index (χ0n) is 15.0. The highest BCUT2D eigenvalue weighted by atomic mass is 16.7.